The lowest BCUT2D eigenvalue weighted by Crippen LogP contribution is -2.42. The third kappa shape index (κ3) is 2.37. The Hall–Kier alpha value is -1.77. The van der Waals surface area contributed by atoms with Crippen molar-refractivity contribution >= 4 is 5.71 Å². The van der Waals surface area contributed by atoms with Gasteiger partial charge in [-0.15, -0.1) is 0 Å². The molecular formula is C21H27NO2. The van der Waals surface area contributed by atoms with Crippen LogP contribution < -0.4 is 0 Å². The van der Waals surface area contributed by atoms with E-state index in [1.165, 1.54) is 42.5 Å². The molecule has 4 rings (SSSR count). The Kier molecular flexibility index (Phi) is 3.90. The molecule has 3 heteroatoms. The quantitative estimate of drug-likeness (QED) is 0.492. The number of nitrogens with zero attached hydrogens (tertiary/aromatic N) is 1. The van der Waals surface area contributed by atoms with Crippen molar-refractivity contribution in [1.29, 1.82) is 0 Å². The van der Waals surface area contributed by atoms with E-state index in [9.17, 15) is 5.11 Å². The van der Waals surface area contributed by atoms with Gasteiger partial charge in [0.2, 0.25) is 0 Å². The first-order valence-electron chi connectivity index (χ1n) is 9.25. The van der Waals surface area contributed by atoms with Gasteiger partial charge in [-0.05, 0) is 79.5 Å². The molecule has 128 valence electrons. The van der Waals surface area contributed by atoms with Crippen LogP contribution in [-0.2, 0) is 11.3 Å². The maximum atomic E-state index is 9.78. The number of rotatable bonds is 3. The molecule has 0 heterocycles. The Bertz CT molecular complexity index is 680. The summed E-state index contributed by atoms with van der Waals surface area (Å²) in [6.07, 6.45) is 8.80. The highest BCUT2D eigenvalue weighted by atomic mass is 16.6. The van der Waals surface area contributed by atoms with Crippen molar-refractivity contribution in [3.8, 4) is 5.75 Å². The molecule has 24 heavy (non-hydrogen) atoms. The van der Waals surface area contributed by atoms with Gasteiger partial charge in [0.05, 0.1) is 5.71 Å². The van der Waals surface area contributed by atoms with E-state index in [0.29, 0.717) is 24.2 Å². The molecule has 2 fully saturated rings. The molecule has 2 saturated carbocycles. The van der Waals surface area contributed by atoms with Gasteiger partial charge < -0.3 is 9.94 Å². The summed E-state index contributed by atoms with van der Waals surface area (Å²) in [5, 5.41) is 14.3. The minimum atomic E-state index is 0.205. The first-order valence-corrected chi connectivity index (χ1v) is 9.25. The fraction of sp³-hybridized carbons (Fsp3) is 0.571. The summed E-state index contributed by atoms with van der Waals surface area (Å²) in [6.45, 7) is 6.59. The molecule has 4 atom stereocenters. The summed E-state index contributed by atoms with van der Waals surface area (Å²) >= 11 is 0. The Morgan fingerprint density at radius 3 is 3.04 bits per heavy atom. The Morgan fingerprint density at radius 1 is 1.33 bits per heavy atom. The topological polar surface area (TPSA) is 41.8 Å². The van der Waals surface area contributed by atoms with E-state index in [1.807, 2.05) is 12.1 Å². The lowest BCUT2D eigenvalue weighted by atomic mass is 9.55. The van der Waals surface area contributed by atoms with Crippen LogP contribution in [0.4, 0.5) is 0 Å². The zero-order valence-corrected chi connectivity index (χ0v) is 14.5. The lowest BCUT2D eigenvalue weighted by molar-refractivity contribution is 0.0911. The standard InChI is InChI=1S/C21H27NO2/c1-3-12-24-22-20-9-8-19-18-6-4-14-13-15(23)5-7-16(14)17(18)10-11-21(19,20)2/h3,5,7,13,17-19,23H,1,4,6,8-12H2,2H3/t17?,18?,19?,21-/m0/s1. The molecule has 0 spiro atoms. The van der Waals surface area contributed by atoms with Crippen LogP contribution in [0.15, 0.2) is 36.0 Å². The maximum absolute atomic E-state index is 9.78. The van der Waals surface area contributed by atoms with E-state index in [4.69, 9.17) is 4.84 Å². The Morgan fingerprint density at radius 2 is 2.21 bits per heavy atom. The Labute approximate surface area is 144 Å². The number of hydrogen-bond acceptors (Lipinski definition) is 3. The number of aryl methyl sites for hydroxylation is 1. The van der Waals surface area contributed by atoms with Crippen LogP contribution in [0, 0.1) is 17.3 Å². The largest absolute Gasteiger partial charge is 0.508 e. The molecule has 1 aromatic carbocycles. The smallest absolute Gasteiger partial charge is 0.135 e. The minimum Gasteiger partial charge on any atom is -0.508 e. The van der Waals surface area contributed by atoms with Crippen molar-refractivity contribution in [1.82, 2.24) is 0 Å². The zero-order valence-electron chi connectivity index (χ0n) is 14.5. The van der Waals surface area contributed by atoms with Gasteiger partial charge in [0.1, 0.15) is 12.4 Å². The maximum Gasteiger partial charge on any atom is 0.135 e. The van der Waals surface area contributed by atoms with Gasteiger partial charge in [-0.3, -0.25) is 0 Å². The molecule has 1 aromatic rings. The summed E-state index contributed by atoms with van der Waals surface area (Å²) < 4.78 is 0. The summed E-state index contributed by atoms with van der Waals surface area (Å²) in [6, 6.07) is 6.00. The molecule has 0 bridgehead atoms. The SMILES string of the molecule is C=CCON=C1CCC2C3CCc4cc(O)ccc4C3CC[C@]12C. The highest BCUT2D eigenvalue weighted by molar-refractivity contribution is 5.92. The number of oxime groups is 1. The predicted molar refractivity (Wildman–Crippen MR) is 96.3 cm³/mol. The molecular weight excluding hydrogens is 298 g/mol. The number of hydrogen-bond donors (Lipinski definition) is 1. The summed E-state index contributed by atoms with van der Waals surface area (Å²) in [4.78, 5) is 5.43. The molecule has 0 saturated heterocycles. The van der Waals surface area contributed by atoms with Crippen LogP contribution in [-0.4, -0.2) is 17.4 Å². The number of phenolic OH excluding ortho intramolecular Hbond substituents is 1. The van der Waals surface area contributed by atoms with Crippen LogP contribution in [0.25, 0.3) is 0 Å². The van der Waals surface area contributed by atoms with Crippen LogP contribution in [0.3, 0.4) is 0 Å². The molecule has 3 aliphatic rings. The summed E-state index contributed by atoms with van der Waals surface area (Å²) in [5.41, 5.74) is 4.32. The second-order valence-electron chi connectivity index (χ2n) is 7.92. The zero-order chi connectivity index (χ0) is 16.7. The number of benzene rings is 1. The van der Waals surface area contributed by atoms with Crippen molar-refractivity contribution in [2.24, 2.45) is 22.4 Å². The average Bonchev–Trinajstić information content (AvgIpc) is 2.91. The van der Waals surface area contributed by atoms with E-state index in [1.54, 1.807) is 6.08 Å². The first kappa shape index (κ1) is 15.7. The van der Waals surface area contributed by atoms with Crippen LogP contribution in [0.1, 0.15) is 56.1 Å². The third-order valence-corrected chi connectivity index (χ3v) is 6.82. The minimum absolute atomic E-state index is 0.205. The molecule has 0 aromatic heterocycles. The normalized spacial score (nSPS) is 35.9. The average molecular weight is 325 g/mol. The van der Waals surface area contributed by atoms with Crippen LogP contribution in [0.5, 0.6) is 5.75 Å². The Balaban J connectivity index is 1.61. The second kappa shape index (κ2) is 5.94. The van der Waals surface area contributed by atoms with Gasteiger partial charge in [-0.2, -0.15) is 0 Å². The summed E-state index contributed by atoms with van der Waals surface area (Å²) in [7, 11) is 0. The first-order chi connectivity index (χ1) is 11.6. The number of aromatic hydroxyl groups is 1. The highest BCUT2D eigenvalue weighted by Crippen LogP contribution is 2.59. The molecule has 0 amide bonds. The van der Waals surface area contributed by atoms with E-state index < -0.39 is 0 Å². The van der Waals surface area contributed by atoms with E-state index >= 15 is 0 Å². The molecule has 1 N–H and O–H groups in total. The second-order valence-corrected chi connectivity index (χ2v) is 7.92. The molecule has 0 radical (unpaired) electrons. The van der Waals surface area contributed by atoms with Crippen molar-refractivity contribution in [2.75, 3.05) is 6.61 Å². The predicted octanol–water partition coefficient (Wildman–Crippen LogP) is 4.81. The van der Waals surface area contributed by atoms with E-state index in [0.717, 1.165) is 18.8 Å². The van der Waals surface area contributed by atoms with E-state index in [2.05, 4.69) is 24.7 Å². The van der Waals surface area contributed by atoms with Gasteiger partial charge in [-0.25, -0.2) is 0 Å². The molecule has 3 aliphatic carbocycles. The van der Waals surface area contributed by atoms with Crippen molar-refractivity contribution in [3.63, 3.8) is 0 Å². The van der Waals surface area contributed by atoms with Gasteiger partial charge in [-0.1, -0.05) is 30.8 Å². The monoisotopic (exact) mass is 325 g/mol. The number of phenols is 1. The van der Waals surface area contributed by atoms with Crippen molar-refractivity contribution in [2.45, 2.75) is 51.4 Å². The summed E-state index contributed by atoms with van der Waals surface area (Å²) in [5.74, 6) is 2.51. The highest BCUT2D eigenvalue weighted by Gasteiger charge is 2.53. The van der Waals surface area contributed by atoms with Gasteiger partial charge in [0.25, 0.3) is 0 Å². The van der Waals surface area contributed by atoms with E-state index in [-0.39, 0.29) is 5.41 Å². The third-order valence-electron chi connectivity index (χ3n) is 6.82. The molecule has 3 unspecified atom stereocenters. The lowest BCUT2D eigenvalue weighted by Gasteiger charge is -2.49. The molecule has 3 nitrogen and oxygen atoms in total. The van der Waals surface area contributed by atoms with Crippen molar-refractivity contribution in [3.05, 3.63) is 42.0 Å². The van der Waals surface area contributed by atoms with Gasteiger partial charge in [0, 0.05) is 5.41 Å². The molecule has 0 aliphatic heterocycles. The fourth-order valence-electron chi connectivity index (χ4n) is 5.68. The van der Waals surface area contributed by atoms with Gasteiger partial charge in [0.15, 0.2) is 0 Å². The van der Waals surface area contributed by atoms with Crippen LogP contribution >= 0.6 is 0 Å². The van der Waals surface area contributed by atoms with Crippen molar-refractivity contribution < 1.29 is 9.94 Å². The number of fused-ring (bicyclic) bond motifs is 5. The van der Waals surface area contributed by atoms with Crippen LogP contribution in [0.2, 0.25) is 0 Å². The fourth-order valence-corrected chi connectivity index (χ4v) is 5.68. The van der Waals surface area contributed by atoms with Gasteiger partial charge >= 0.3 is 0 Å².